The second-order valence-corrected chi connectivity index (χ2v) is 3.37. The maximum absolute atomic E-state index is 13.1. The molecule has 6 nitrogen and oxygen atoms in total. The molecule has 0 spiro atoms. The molecule has 0 fully saturated rings. The van der Waals surface area contributed by atoms with E-state index in [1.165, 1.54) is 0 Å². The largest absolute Gasteiger partial charge is 0.378 e. The predicted octanol–water partition coefficient (Wildman–Crippen LogP) is 1.91. The quantitative estimate of drug-likeness (QED) is 0.650. The van der Waals surface area contributed by atoms with Crippen LogP contribution in [0.5, 0.6) is 0 Å². The summed E-state index contributed by atoms with van der Waals surface area (Å²) in [6.07, 6.45) is 0.987. The standard InChI is InChI=1S/C10H6F2N4O2/c11-6-1-5(2-7(12)3-6)8-9(16(17)18)10(13)15-4-14-8/h1-4H,(H2,13,14,15). The van der Waals surface area contributed by atoms with Gasteiger partial charge in [0, 0.05) is 11.6 Å². The number of aromatic nitrogens is 2. The van der Waals surface area contributed by atoms with Gasteiger partial charge in [0.25, 0.3) is 0 Å². The molecule has 0 saturated heterocycles. The van der Waals surface area contributed by atoms with Crippen molar-refractivity contribution in [3.63, 3.8) is 0 Å². The van der Waals surface area contributed by atoms with Crippen LogP contribution in [0.3, 0.4) is 0 Å². The fourth-order valence-electron chi connectivity index (χ4n) is 1.47. The topological polar surface area (TPSA) is 94.9 Å². The van der Waals surface area contributed by atoms with E-state index in [9.17, 15) is 18.9 Å². The van der Waals surface area contributed by atoms with E-state index in [1.54, 1.807) is 0 Å². The Morgan fingerprint density at radius 1 is 1.17 bits per heavy atom. The van der Waals surface area contributed by atoms with Crippen LogP contribution in [-0.4, -0.2) is 14.9 Å². The highest BCUT2D eigenvalue weighted by atomic mass is 19.1. The molecule has 0 aliphatic rings. The number of nitrogens with zero attached hydrogens (tertiary/aromatic N) is 3. The van der Waals surface area contributed by atoms with E-state index in [-0.39, 0.29) is 17.1 Å². The van der Waals surface area contributed by atoms with E-state index in [2.05, 4.69) is 9.97 Å². The van der Waals surface area contributed by atoms with Gasteiger partial charge in [-0.1, -0.05) is 0 Å². The number of nitrogen functional groups attached to an aromatic ring is 1. The summed E-state index contributed by atoms with van der Waals surface area (Å²) in [6.45, 7) is 0. The Kier molecular flexibility index (Phi) is 2.84. The highest BCUT2D eigenvalue weighted by Gasteiger charge is 2.22. The summed E-state index contributed by atoms with van der Waals surface area (Å²) in [7, 11) is 0. The number of hydrogen-bond donors (Lipinski definition) is 1. The smallest absolute Gasteiger partial charge is 0.337 e. The summed E-state index contributed by atoms with van der Waals surface area (Å²) in [5, 5.41) is 10.8. The van der Waals surface area contributed by atoms with E-state index < -0.39 is 22.2 Å². The molecule has 0 aliphatic carbocycles. The van der Waals surface area contributed by atoms with Crippen molar-refractivity contribution in [3.8, 4) is 11.3 Å². The molecule has 0 radical (unpaired) electrons. The monoisotopic (exact) mass is 252 g/mol. The van der Waals surface area contributed by atoms with Gasteiger partial charge < -0.3 is 5.73 Å². The Morgan fingerprint density at radius 3 is 2.33 bits per heavy atom. The number of anilines is 1. The Balaban J connectivity index is 2.71. The van der Waals surface area contributed by atoms with Crippen molar-refractivity contribution in [1.29, 1.82) is 0 Å². The highest BCUT2D eigenvalue weighted by Crippen LogP contribution is 2.31. The van der Waals surface area contributed by atoms with E-state index in [1.807, 2.05) is 0 Å². The number of hydrogen-bond acceptors (Lipinski definition) is 5. The highest BCUT2D eigenvalue weighted by molar-refractivity contribution is 5.75. The molecule has 2 aromatic rings. The number of benzene rings is 1. The van der Waals surface area contributed by atoms with Gasteiger partial charge in [-0.2, -0.15) is 0 Å². The lowest BCUT2D eigenvalue weighted by Gasteiger charge is -2.04. The van der Waals surface area contributed by atoms with Crippen LogP contribution in [0.4, 0.5) is 20.3 Å². The van der Waals surface area contributed by atoms with Crippen molar-refractivity contribution in [3.05, 3.63) is 46.3 Å². The van der Waals surface area contributed by atoms with Gasteiger partial charge >= 0.3 is 5.69 Å². The van der Waals surface area contributed by atoms with Gasteiger partial charge in [0.05, 0.1) is 4.92 Å². The second kappa shape index (κ2) is 4.32. The summed E-state index contributed by atoms with van der Waals surface area (Å²) in [4.78, 5) is 17.2. The molecule has 1 aromatic carbocycles. The maximum Gasteiger partial charge on any atom is 0.337 e. The maximum atomic E-state index is 13.1. The fourth-order valence-corrected chi connectivity index (χ4v) is 1.47. The average molecular weight is 252 g/mol. The average Bonchev–Trinajstić information content (AvgIpc) is 2.26. The van der Waals surface area contributed by atoms with Crippen LogP contribution >= 0.6 is 0 Å². The molecule has 1 aromatic heterocycles. The molecule has 18 heavy (non-hydrogen) atoms. The molecular formula is C10H6F2N4O2. The van der Waals surface area contributed by atoms with E-state index in [4.69, 9.17) is 5.73 Å². The number of rotatable bonds is 2. The molecule has 92 valence electrons. The van der Waals surface area contributed by atoms with Crippen LogP contribution in [0.1, 0.15) is 0 Å². The zero-order valence-corrected chi connectivity index (χ0v) is 8.80. The number of nitro groups is 1. The normalized spacial score (nSPS) is 10.3. The third-order valence-corrected chi connectivity index (χ3v) is 2.17. The van der Waals surface area contributed by atoms with Crippen LogP contribution in [0.15, 0.2) is 24.5 Å². The van der Waals surface area contributed by atoms with Crippen LogP contribution in [-0.2, 0) is 0 Å². The number of halogens is 2. The second-order valence-electron chi connectivity index (χ2n) is 3.37. The van der Waals surface area contributed by atoms with E-state index in [0.29, 0.717) is 6.07 Å². The molecule has 0 saturated carbocycles. The van der Waals surface area contributed by atoms with Crippen LogP contribution < -0.4 is 5.73 Å². The summed E-state index contributed by atoms with van der Waals surface area (Å²) in [5.41, 5.74) is 4.47. The third kappa shape index (κ3) is 2.08. The molecule has 0 aliphatic heterocycles. The Hall–Kier alpha value is -2.64. The van der Waals surface area contributed by atoms with Crippen molar-refractivity contribution in [2.24, 2.45) is 0 Å². The zero-order chi connectivity index (χ0) is 13.3. The van der Waals surface area contributed by atoms with E-state index in [0.717, 1.165) is 18.5 Å². The minimum atomic E-state index is -0.864. The Morgan fingerprint density at radius 2 is 1.78 bits per heavy atom. The minimum Gasteiger partial charge on any atom is -0.378 e. The van der Waals surface area contributed by atoms with Gasteiger partial charge in [-0.15, -0.1) is 0 Å². The third-order valence-electron chi connectivity index (χ3n) is 2.17. The molecule has 0 atom stereocenters. The molecule has 1 heterocycles. The van der Waals surface area contributed by atoms with Crippen LogP contribution in [0.25, 0.3) is 11.3 Å². The number of nitrogens with two attached hydrogens (primary N) is 1. The first-order valence-corrected chi connectivity index (χ1v) is 4.70. The lowest BCUT2D eigenvalue weighted by atomic mass is 10.1. The Labute approximate surface area is 99.3 Å². The van der Waals surface area contributed by atoms with Gasteiger partial charge in [0.2, 0.25) is 5.82 Å². The van der Waals surface area contributed by atoms with Gasteiger partial charge in [0.15, 0.2) is 5.69 Å². The van der Waals surface area contributed by atoms with Gasteiger partial charge in [0.1, 0.15) is 18.0 Å². The van der Waals surface area contributed by atoms with E-state index >= 15 is 0 Å². The predicted molar refractivity (Wildman–Crippen MR) is 58.5 cm³/mol. The first kappa shape index (κ1) is 11.8. The minimum absolute atomic E-state index is 0.0756. The van der Waals surface area contributed by atoms with Crippen LogP contribution in [0.2, 0.25) is 0 Å². The molecule has 0 bridgehead atoms. The molecule has 2 N–H and O–H groups in total. The molecule has 2 rings (SSSR count). The lowest BCUT2D eigenvalue weighted by Crippen LogP contribution is -2.02. The summed E-state index contributed by atoms with van der Waals surface area (Å²) in [5.74, 6) is -2.09. The van der Waals surface area contributed by atoms with Gasteiger partial charge in [-0.3, -0.25) is 10.1 Å². The van der Waals surface area contributed by atoms with Crippen molar-refractivity contribution >= 4 is 11.5 Å². The Bertz CT molecular complexity index is 613. The zero-order valence-electron chi connectivity index (χ0n) is 8.80. The molecule has 8 heteroatoms. The molecule has 0 amide bonds. The first-order chi connectivity index (χ1) is 8.49. The summed E-state index contributed by atoms with van der Waals surface area (Å²) >= 11 is 0. The van der Waals surface area contributed by atoms with Crippen molar-refractivity contribution in [1.82, 2.24) is 9.97 Å². The summed E-state index contributed by atoms with van der Waals surface area (Å²) in [6, 6.07) is 2.51. The van der Waals surface area contributed by atoms with Gasteiger partial charge in [-0.05, 0) is 12.1 Å². The van der Waals surface area contributed by atoms with Crippen molar-refractivity contribution < 1.29 is 13.7 Å². The first-order valence-electron chi connectivity index (χ1n) is 4.70. The SMILES string of the molecule is Nc1ncnc(-c2cc(F)cc(F)c2)c1[N+](=O)[O-]. The molecular weight excluding hydrogens is 246 g/mol. The van der Waals surface area contributed by atoms with Crippen molar-refractivity contribution in [2.75, 3.05) is 5.73 Å². The molecule has 0 unspecified atom stereocenters. The van der Waals surface area contributed by atoms with Crippen LogP contribution in [0, 0.1) is 21.7 Å². The van der Waals surface area contributed by atoms with Gasteiger partial charge in [-0.25, -0.2) is 18.7 Å². The summed E-state index contributed by atoms with van der Waals surface area (Å²) < 4.78 is 26.1. The van der Waals surface area contributed by atoms with Crippen molar-refractivity contribution in [2.45, 2.75) is 0 Å². The fraction of sp³-hybridized carbons (Fsp3) is 0. The lowest BCUT2D eigenvalue weighted by molar-refractivity contribution is -0.383.